The number of halogens is 1. The van der Waals surface area contributed by atoms with Crippen LogP contribution in [0.5, 0.6) is 11.5 Å². The zero-order valence-corrected chi connectivity index (χ0v) is 13.0. The molecule has 0 aromatic heterocycles. The van der Waals surface area contributed by atoms with Gasteiger partial charge in [-0.1, -0.05) is 15.9 Å². The molecule has 1 fully saturated rings. The fourth-order valence-corrected chi connectivity index (χ4v) is 3.90. The maximum absolute atomic E-state index is 5.88. The molecular weight excluding hydrogens is 306 g/mol. The molecule has 0 aliphatic carbocycles. The molecule has 1 unspecified atom stereocenters. The topological polar surface area (TPSA) is 30.5 Å². The van der Waals surface area contributed by atoms with Crippen molar-refractivity contribution in [3.05, 3.63) is 21.7 Å². The summed E-state index contributed by atoms with van der Waals surface area (Å²) in [5.74, 6) is 2.43. The number of nitrogens with one attached hydrogen (secondary N) is 1. The summed E-state index contributed by atoms with van der Waals surface area (Å²) in [6, 6.07) is 2.16. The number of fused-ring (bicyclic) bond motifs is 1. The monoisotopic (exact) mass is 325 g/mol. The fourth-order valence-electron chi connectivity index (χ4n) is 3.12. The lowest BCUT2D eigenvalue weighted by molar-refractivity contribution is 0.243. The zero-order valence-electron chi connectivity index (χ0n) is 11.5. The highest BCUT2D eigenvalue weighted by atomic mass is 79.9. The number of ether oxygens (including phenoxy) is 2. The minimum atomic E-state index is 0.239. The van der Waals surface area contributed by atoms with Crippen LogP contribution in [0.15, 0.2) is 10.5 Å². The quantitative estimate of drug-likeness (QED) is 0.905. The smallest absolute Gasteiger partial charge is 0.166 e. The Hall–Kier alpha value is -0.740. The van der Waals surface area contributed by atoms with Gasteiger partial charge in [0, 0.05) is 16.5 Å². The summed E-state index contributed by atoms with van der Waals surface area (Å²) in [5, 5.41) is 3.42. The first-order valence-corrected chi connectivity index (χ1v) is 7.76. The number of piperidine rings is 1. The summed E-state index contributed by atoms with van der Waals surface area (Å²) >= 11 is 3.80. The predicted octanol–water partition coefficient (Wildman–Crippen LogP) is 3.25. The van der Waals surface area contributed by atoms with Crippen molar-refractivity contribution in [3.8, 4) is 11.5 Å². The summed E-state index contributed by atoms with van der Waals surface area (Å²) in [7, 11) is 1.72. The molecule has 3 rings (SSSR count). The highest BCUT2D eigenvalue weighted by Gasteiger charge is 2.29. The molecule has 2 aliphatic rings. The van der Waals surface area contributed by atoms with E-state index < -0.39 is 0 Å². The molecule has 2 aliphatic heterocycles. The Morgan fingerprint density at radius 2 is 2.11 bits per heavy atom. The van der Waals surface area contributed by atoms with Gasteiger partial charge in [0.1, 0.15) is 6.10 Å². The van der Waals surface area contributed by atoms with Crippen molar-refractivity contribution in [2.24, 2.45) is 0 Å². The molecular formula is C15H20BrNO2. The lowest BCUT2D eigenvalue weighted by Gasteiger charge is -2.25. The van der Waals surface area contributed by atoms with E-state index >= 15 is 0 Å². The van der Waals surface area contributed by atoms with Crippen molar-refractivity contribution in [3.63, 3.8) is 0 Å². The Morgan fingerprint density at radius 1 is 1.37 bits per heavy atom. The standard InChI is InChI=1S/C15H20BrNO2/c1-9-7-12-14(16)11(10-3-5-17-6-4-10)8-13(18-2)15(12)19-9/h8-10,17H,3-7H2,1-2H3. The molecule has 1 aromatic rings. The van der Waals surface area contributed by atoms with Crippen LogP contribution in [0.3, 0.4) is 0 Å². The highest BCUT2D eigenvalue weighted by molar-refractivity contribution is 9.10. The molecule has 0 saturated carbocycles. The molecule has 0 bridgehead atoms. The lowest BCUT2D eigenvalue weighted by Crippen LogP contribution is -2.26. The first-order chi connectivity index (χ1) is 9.20. The van der Waals surface area contributed by atoms with Gasteiger partial charge in [-0.15, -0.1) is 0 Å². The van der Waals surface area contributed by atoms with Crippen molar-refractivity contribution in [2.75, 3.05) is 20.2 Å². The van der Waals surface area contributed by atoms with Gasteiger partial charge in [-0.25, -0.2) is 0 Å². The molecule has 1 N–H and O–H groups in total. The van der Waals surface area contributed by atoms with Gasteiger partial charge in [-0.3, -0.25) is 0 Å². The van der Waals surface area contributed by atoms with Gasteiger partial charge in [0.2, 0.25) is 0 Å². The normalized spacial score (nSPS) is 23.0. The van der Waals surface area contributed by atoms with Crippen molar-refractivity contribution >= 4 is 15.9 Å². The molecule has 4 heteroatoms. The number of methoxy groups -OCH3 is 1. The predicted molar refractivity (Wildman–Crippen MR) is 79.3 cm³/mol. The van der Waals surface area contributed by atoms with Crippen molar-refractivity contribution in [1.29, 1.82) is 0 Å². The van der Waals surface area contributed by atoms with Crippen LogP contribution in [0, 0.1) is 0 Å². The van der Waals surface area contributed by atoms with E-state index in [9.17, 15) is 0 Å². The van der Waals surface area contributed by atoms with Crippen molar-refractivity contribution in [1.82, 2.24) is 5.32 Å². The van der Waals surface area contributed by atoms with E-state index in [2.05, 4.69) is 34.2 Å². The molecule has 1 saturated heterocycles. The largest absolute Gasteiger partial charge is 0.493 e. The van der Waals surface area contributed by atoms with Crippen LogP contribution >= 0.6 is 15.9 Å². The van der Waals surface area contributed by atoms with E-state index in [4.69, 9.17) is 9.47 Å². The van der Waals surface area contributed by atoms with Gasteiger partial charge in [0.15, 0.2) is 11.5 Å². The van der Waals surface area contributed by atoms with Crippen molar-refractivity contribution < 1.29 is 9.47 Å². The van der Waals surface area contributed by atoms with Crippen LogP contribution in [0.2, 0.25) is 0 Å². The van der Waals surface area contributed by atoms with Crippen LogP contribution in [0.1, 0.15) is 36.8 Å². The summed E-state index contributed by atoms with van der Waals surface area (Å²) < 4.78 is 12.7. The number of hydrogen-bond donors (Lipinski definition) is 1. The molecule has 1 atom stereocenters. The molecule has 0 amide bonds. The molecule has 1 aromatic carbocycles. The van der Waals surface area contributed by atoms with Crippen LogP contribution in [0.4, 0.5) is 0 Å². The van der Waals surface area contributed by atoms with E-state index in [-0.39, 0.29) is 6.10 Å². The second-order valence-corrected chi connectivity index (χ2v) is 6.24. The fraction of sp³-hybridized carbons (Fsp3) is 0.600. The van der Waals surface area contributed by atoms with Crippen LogP contribution in [-0.4, -0.2) is 26.3 Å². The molecule has 3 nitrogen and oxygen atoms in total. The first-order valence-electron chi connectivity index (χ1n) is 6.97. The maximum Gasteiger partial charge on any atom is 0.166 e. The van der Waals surface area contributed by atoms with Gasteiger partial charge in [0.25, 0.3) is 0 Å². The second kappa shape index (κ2) is 5.33. The van der Waals surface area contributed by atoms with E-state index in [0.29, 0.717) is 5.92 Å². The highest BCUT2D eigenvalue weighted by Crippen LogP contribution is 2.46. The third-order valence-electron chi connectivity index (χ3n) is 4.11. The average Bonchev–Trinajstić information content (AvgIpc) is 2.83. The SMILES string of the molecule is COc1cc(C2CCNCC2)c(Br)c2c1OC(C)C2. The number of benzene rings is 1. The molecule has 19 heavy (non-hydrogen) atoms. The summed E-state index contributed by atoms with van der Waals surface area (Å²) in [6.45, 7) is 4.31. The van der Waals surface area contributed by atoms with E-state index in [1.54, 1.807) is 7.11 Å². The number of hydrogen-bond acceptors (Lipinski definition) is 3. The van der Waals surface area contributed by atoms with E-state index in [1.807, 2.05) is 0 Å². The van der Waals surface area contributed by atoms with Crippen molar-refractivity contribution in [2.45, 2.75) is 38.2 Å². The van der Waals surface area contributed by atoms with Crippen LogP contribution < -0.4 is 14.8 Å². The molecule has 104 valence electrons. The van der Waals surface area contributed by atoms with Gasteiger partial charge in [-0.05, 0) is 50.4 Å². The summed E-state index contributed by atoms with van der Waals surface area (Å²) in [4.78, 5) is 0. The van der Waals surface area contributed by atoms with Gasteiger partial charge < -0.3 is 14.8 Å². The van der Waals surface area contributed by atoms with Crippen LogP contribution in [0.25, 0.3) is 0 Å². The third-order valence-corrected chi connectivity index (χ3v) is 5.05. The second-order valence-electron chi connectivity index (χ2n) is 5.45. The van der Waals surface area contributed by atoms with Gasteiger partial charge in [0.05, 0.1) is 7.11 Å². The molecule has 0 spiro atoms. The van der Waals surface area contributed by atoms with Gasteiger partial charge in [-0.2, -0.15) is 0 Å². The van der Waals surface area contributed by atoms with Gasteiger partial charge >= 0.3 is 0 Å². The average molecular weight is 326 g/mol. The van der Waals surface area contributed by atoms with E-state index in [1.165, 1.54) is 28.4 Å². The minimum absolute atomic E-state index is 0.239. The number of rotatable bonds is 2. The Bertz CT molecular complexity index is 484. The molecule has 0 radical (unpaired) electrons. The Balaban J connectivity index is 2.03. The first kappa shape index (κ1) is 13.3. The minimum Gasteiger partial charge on any atom is -0.493 e. The Morgan fingerprint density at radius 3 is 2.79 bits per heavy atom. The van der Waals surface area contributed by atoms with E-state index in [0.717, 1.165) is 31.0 Å². The lowest BCUT2D eigenvalue weighted by atomic mass is 9.88. The third kappa shape index (κ3) is 2.36. The zero-order chi connectivity index (χ0) is 13.4. The summed E-state index contributed by atoms with van der Waals surface area (Å²) in [5.41, 5.74) is 2.66. The Kier molecular flexibility index (Phi) is 3.72. The van der Waals surface area contributed by atoms with Crippen LogP contribution in [-0.2, 0) is 6.42 Å². The Labute approximate surface area is 122 Å². The summed E-state index contributed by atoms with van der Waals surface area (Å²) in [6.07, 6.45) is 3.59. The maximum atomic E-state index is 5.88. The molecule has 2 heterocycles.